The number of hydrogen-bond donors (Lipinski definition) is 1. The van der Waals surface area contributed by atoms with E-state index in [1.54, 1.807) is 0 Å². The van der Waals surface area contributed by atoms with Crippen LogP contribution in [0.2, 0.25) is 0 Å². The Morgan fingerprint density at radius 2 is 2.27 bits per heavy atom. The maximum atomic E-state index is 12.7. The SMILES string of the molecule is Cc1nccn1CC[C@@H]1CCCCN1C(=O)NCc1cc(C(C)C)on1. The Balaban J connectivity index is 1.54. The zero-order chi connectivity index (χ0) is 18.5. The summed E-state index contributed by atoms with van der Waals surface area (Å²) < 4.78 is 7.44. The number of urea groups is 1. The molecule has 7 heteroatoms. The van der Waals surface area contributed by atoms with E-state index in [4.69, 9.17) is 4.52 Å². The standard InChI is InChI=1S/C19H29N5O2/c1-14(2)18-12-16(22-26-18)13-21-19(25)24-9-5-4-6-17(24)7-10-23-11-8-20-15(23)3/h8,11-12,14,17H,4-7,9-10,13H2,1-3H3,(H,21,25)/t17-/m0/s1. The van der Waals surface area contributed by atoms with E-state index < -0.39 is 0 Å². The van der Waals surface area contributed by atoms with Gasteiger partial charge in [-0.05, 0) is 32.6 Å². The summed E-state index contributed by atoms with van der Waals surface area (Å²) in [5, 5.41) is 7.04. The molecule has 26 heavy (non-hydrogen) atoms. The number of likely N-dealkylation sites (tertiary alicyclic amines) is 1. The second kappa shape index (κ2) is 8.38. The quantitative estimate of drug-likeness (QED) is 0.857. The number of carbonyl (C=O) groups is 1. The average Bonchev–Trinajstić information content (AvgIpc) is 3.27. The Kier molecular flexibility index (Phi) is 5.96. The van der Waals surface area contributed by atoms with Crippen LogP contribution < -0.4 is 5.32 Å². The minimum atomic E-state index is -0.00819. The van der Waals surface area contributed by atoms with Gasteiger partial charge < -0.3 is 19.3 Å². The van der Waals surface area contributed by atoms with Crippen molar-refractivity contribution in [1.82, 2.24) is 24.9 Å². The summed E-state index contributed by atoms with van der Waals surface area (Å²) in [5.74, 6) is 2.16. The van der Waals surface area contributed by atoms with E-state index in [1.807, 2.05) is 30.3 Å². The molecule has 3 heterocycles. The van der Waals surface area contributed by atoms with Gasteiger partial charge in [0.1, 0.15) is 17.3 Å². The second-order valence-corrected chi connectivity index (χ2v) is 7.33. The Labute approximate surface area is 154 Å². The Morgan fingerprint density at radius 3 is 2.96 bits per heavy atom. The van der Waals surface area contributed by atoms with E-state index in [0.29, 0.717) is 12.5 Å². The van der Waals surface area contributed by atoms with Gasteiger partial charge in [0.2, 0.25) is 0 Å². The van der Waals surface area contributed by atoms with Crippen LogP contribution in [-0.2, 0) is 13.1 Å². The lowest BCUT2D eigenvalue weighted by molar-refractivity contribution is 0.143. The zero-order valence-corrected chi connectivity index (χ0v) is 15.9. The van der Waals surface area contributed by atoms with Crippen LogP contribution in [0.4, 0.5) is 4.79 Å². The molecular formula is C19H29N5O2. The highest BCUT2D eigenvalue weighted by atomic mass is 16.5. The van der Waals surface area contributed by atoms with Crippen molar-refractivity contribution in [2.24, 2.45) is 0 Å². The number of nitrogens with one attached hydrogen (secondary N) is 1. The molecule has 1 saturated heterocycles. The van der Waals surface area contributed by atoms with Crippen molar-refractivity contribution in [3.05, 3.63) is 35.7 Å². The molecule has 0 aliphatic carbocycles. The normalized spacial score (nSPS) is 17.7. The average molecular weight is 359 g/mol. The van der Waals surface area contributed by atoms with Crippen molar-refractivity contribution in [1.29, 1.82) is 0 Å². The Bertz CT molecular complexity index is 721. The molecule has 1 atom stereocenters. The predicted molar refractivity (Wildman–Crippen MR) is 98.8 cm³/mol. The van der Waals surface area contributed by atoms with Crippen molar-refractivity contribution in [2.45, 2.75) is 71.5 Å². The fraction of sp³-hybridized carbons (Fsp3) is 0.632. The first-order valence-corrected chi connectivity index (χ1v) is 9.52. The van der Waals surface area contributed by atoms with Crippen molar-refractivity contribution < 1.29 is 9.32 Å². The molecule has 2 aromatic rings. The third-order valence-electron chi connectivity index (χ3n) is 5.08. The van der Waals surface area contributed by atoms with Gasteiger partial charge in [-0.25, -0.2) is 9.78 Å². The van der Waals surface area contributed by atoms with Crippen LogP contribution >= 0.6 is 0 Å². The van der Waals surface area contributed by atoms with E-state index in [1.165, 1.54) is 6.42 Å². The van der Waals surface area contributed by atoms with Gasteiger partial charge in [-0.2, -0.15) is 0 Å². The number of nitrogens with zero attached hydrogens (tertiary/aromatic N) is 4. The number of rotatable bonds is 6. The van der Waals surface area contributed by atoms with Crippen molar-refractivity contribution in [3.8, 4) is 0 Å². The summed E-state index contributed by atoms with van der Waals surface area (Å²) in [7, 11) is 0. The van der Waals surface area contributed by atoms with Crippen molar-refractivity contribution in [3.63, 3.8) is 0 Å². The summed E-state index contributed by atoms with van der Waals surface area (Å²) >= 11 is 0. The predicted octanol–water partition coefficient (Wildman–Crippen LogP) is 3.46. The van der Waals surface area contributed by atoms with E-state index >= 15 is 0 Å². The molecule has 0 saturated carbocycles. The lowest BCUT2D eigenvalue weighted by Crippen LogP contribution is -2.48. The van der Waals surface area contributed by atoms with Gasteiger partial charge in [0.05, 0.1) is 6.54 Å². The van der Waals surface area contributed by atoms with Gasteiger partial charge in [0, 0.05) is 43.5 Å². The molecule has 0 spiro atoms. The largest absolute Gasteiger partial charge is 0.361 e. The van der Waals surface area contributed by atoms with Gasteiger partial charge in [-0.3, -0.25) is 0 Å². The highest BCUT2D eigenvalue weighted by Gasteiger charge is 2.26. The van der Waals surface area contributed by atoms with E-state index in [0.717, 1.165) is 49.6 Å². The highest BCUT2D eigenvalue weighted by molar-refractivity contribution is 5.74. The number of aryl methyl sites for hydroxylation is 2. The van der Waals surface area contributed by atoms with Crippen LogP contribution in [0.25, 0.3) is 0 Å². The van der Waals surface area contributed by atoms with Crippen molar-refractivity contribution >= 4 is 6.03 Å². The Hall–Kier alpha value is -2.31. The third-order valence-corrected chi connectivity index (χ3v) is 5.08. The second-order valence-electron chi connectivity index (χ2n) is 7.33. The lowest BCUT2D eigenvalue weighted by Gasteiger charge is -2.36. The molecule has 1 aliphatic heterocycles. The van der Waals surface area contributed by atoms with Crippen molar-refractivity contribution in [2.75, 3.05) is 6.54 Å². The number of amides is 2. The molecule has 7 nitrogen and oxygen atoms in total. The summed E-state index contributed by atoms with van der Waals surface area (Å²) in [4.78, 5) is 18.9. The molecule has 2 amide bonds. The Morgan fingerprint density at radius 1 is 1.42 bits per heavy atom. The molecule has 2 aromatic heterocycles. The van der Waals surface area contributed by atoms with Crippen LogP contribution in [0.3, 0.4) is 0 Å². The van der Waals surface area contributed by atoms with E-state index in [-0.39, 0.29) is 12.1 Å². The maximum Gasteiger partial charge on any atom is 0.317 e. The summed E-state index contributed by atoms with van der Waals surface area (Å²) in [6, 6.07) is 2.18. The number of piperidine rings is 1. The van der Waals surface area contributed by atoms with Crippen LogP contribution in [0, 0.1) is 6.92 Å². The molecule has 0 aromatic carbocycles. The number of carbonyl (C=O) groups excluding carboxylic acids is 1. The molecular weight excluding hydrogens is 330 g/mol. The minimum absolute atomic E-state index is 0.00819. The van der Waals surface area contributed by atoms with Crippen LogP contribution in [0.1, 0.15) is 62.7 Å². The van der Waals surface area contributed by atoms with E-state index in [2.05, 4.69) is 33.9 Å². The zero-order valence-electron chi connectivity index (χ0n) is 15.9. The fourth-order valence-electron chi connectivity index (χ4n) is 3.45. The molecule has 0 radical (unpaired) electrons. The third kappa shape index (κ3) is 4.45. The molecule has 0 unspecified atom stereocenters. The van der Waals surface area contributed by atoms with Gasteiger partial charge in [0.25, 0.3) is 0 Å². The minimum Gasteiger partial charge on any atom is -0.361 e. The number of hydrogen-bond acceptors (Lipinski definition) is 4. The van der Waals surface area contributed by atoms with Gasteiger partial charge in [-0.15, -0.1) is 0 Å². The summed E-state index contributed by atoms with van der Waals surface area (Å²) in [5.41, 5.74) is 0.768. The monoisotopic (exact) mass is 359 g/mol. The van der Waals surface area contributed by atoms with Gasteiger partial charge in [-0.1, -0.05) is 19.0 Å². The first kappa shape index (κ1) is 18.5. The first-order valence-electron chi connectivity index (χ1n) is 9.52. The molecule has 1 N–H and O–H groups in total. The molecule has 1 aliphatic rings. The smallest absolute Gasteiger partial charge is 0.317 e. The summed E-state index contributed by atoms with van der Waals surface area (Å²) in [6.45, 7) is 8.23. The molecule has 142 valence electrons. The van der Waals surface area contributed by atoms with Gasteiger partial charge in [0.15, 0.2) is 0 Å². The number of imidazole rings is 1. The van der Waals surface area contributed by atoms with Crippen LogP contribution in [0.15, 0.2) is 23.0 Å². The highest BCUT2D eigenvalue weighted by Crippen LogP contribution is 2.21. The molecule has 3 rings (SSSR count). The van der Waals surface area contributed by atoms with Gasteiger partial charge >= 0.3 is 6.03 Å². The molecule has 1 fully saturated rings. The molecule has 0 bridgehead atoms. The van der Waals surface area contributed by atoms with E-state index in [9.17, 15) is 4.79 Å². The number of aromatic nitrogens is 3. The van der Waals surface area contributed by atoms with Crippen LogP contribution in [-0.4, -0.2) is 38.2 Å². The fourth-order valence-corrected chi connectivity index (χ4v) is 3.45. The summed E-state index contributed by atoms with van der Waals surface area (Å²) in [6.07, 6.45) is 8.08. The van der Waals surface area contributed by atoms with Crippen LogP contribution in [0.5, 0.6) is 0 Å². The lowest BCUT2D eigenvalue weighted by atomic mass is 9.99. The first-order chi connectivity index (χ1) is 12.5. The maximum absolute atomic E-state index is 12.7. The topological polar surface area (TPSA) is 76.2 Å².